The van der Waals surface area contributed by atoms with E-state index in [9.17, 15) is 0 Å². The number of fused-ring (bicyclic) bond motifs is 1. The van der Waals surface area contributed by atoms with E-state index in [4.69, 9.17) is 11.6 Å². The Kier molecular flexibility index (Phi) is 3.11. The minimum Gasteiger partial charge on any atom is -0.384 e. The number of benzene rings is 2. The SMILES string of the molecule is Clc1ccc(NCc2cccc3c2NCC3)cc1. The summed E-state index contributed by atoms with van der Waals surface area (Å²) in [5.74, 6) is 0. The van der Waals surface area contributed by atoms with E-state index in [2.05, 4.69) is 28.8 Å². The predicted octanol–water partition coefficient (Wildman–Crippen LogP) is 3.92. The van der Waals surface area contributed by atoms with E-state index in [1.165, 1.54) is 16.8 Å². The number of halogens is 1. The highest BCUT2D eigenvalue weighted by molar-refractivity contribution is 6.30. The van der Waals surface area contributed by atoms with Crippen molar-refractivity contribution in [2.75, 3.05) is 17.2 Å². The summed E-state index contributed by atoms with van der Waals surface area (Å²) in [6.07, 6.45) is 1.13. The molecule has 0 unspecified atom stereocenters. The van der Waals surface area contributed by atoms with Crippen LogP contribution in [-0.2, 0) is 13.0 Å². The monoisotopic (exact) mass is 258 g/mol. The Labute approximate surface area is 112 Å². The lowest BCUT2D eigenvalue weighted by Crippen LogP contribution is -2.02. The molecule has 2 nitrogen and oxygen atoms in total. The summed E-state index contributed by atoms with van der Waals surface area (Å²) in [6, 6.07) is 14.3. The number of anilines is 2. The van der Waals surface area contributed by atoms with E-state index < -0.39 is 0 Å². The highest BCUT2D eigenvalue weighted by Gasteiger charge is 2.12. The zero-order valence-corrected chi connectivity index (χ0v) is 10.8. The van der Waals surface area contributed by atoms with Gasteiger partial charge in [0.2, 0.25) is 0 Å². The van der Waals surface area contributed by atoms with Crippen molar-refractivity contribution in [2.45, 2.75) is 13.0 Å². The second kappa shape index (κ2) is 4.91. The van der Waals surface area contributed by atoms with Gasteiger partial charge in [0.05, 0.1) is 0 Å². The van der Waals surface area contributed by atoms with Gasteiger partial charge in [-0.3, -0.25) is 0 Å². The number of para-hydroxylation sites is 1. The summed E-state index contributed by atoms with van der Waals surface area (Å²) >= 11 is 5.87. The molecule has 0 fully saturated rings. The molecule has 0 aliphatic carbocycles. The van der Waals surface area contributed by atoms with Gasteiger partial charge in [-0.25, -0.2) is 0 Å². The fourth-order valence-corrected chi connectivity index (χ4v) is 2.45. The number of nitrogens with one attached hydrogen (secondary N) is 2. The number of hydrogen-bond donors (Lipinski definition) is 2. The lowest BCUT2D eigenvalue weighted by atomic mass is 10.1. The highest BCUT2D eigenvalue weighted by Crippen LogP contribution is 2.27. The van der Waals surface area contributed by atoms with Crippen LogP contribution in [-0.4, -0.2) is 6.54 Å². The Morgan fingerprint density at radius 1 is 1.11 bits per heavy atom. The van der Waals surface area contributed by atoms with Gasteiger partial charge < -0.3 is 10.6 Å². The van der Waals surface area contributed by atoms with Crippen LogP contribution in [0.2, 0.25) is 5.02 Å². The normalized spacial score (nSPS) is 12.9. The molecule has 0 saturated carbocycles. The fraction of sp³-hybridized carbons (Fsp3) is 0.200. The molecule has 0 spiro atoms. The lowest BCUT2D eigenvalue weighted by Gasteiger charge is -2.11. The van der Waals surface area contributed by atoms with Gasteiger partial charge in [-0.05, 0) is 41.8 Å². The lowest BCUT2D eigenvalue weighted by molar-refractivity contribution is 1.11. The van der Waals surface area contributed by atoms with Crippen LogP contribution in [0, 0.1) is 0 Å². The third-order valence-electron chi connectivity index (χ3n) is 3.26. The van der Waals surface area contributed by atoms with Gasteiger partial charge in [0, 0.05) is 29.5 Å². The minimum atomic E-state index is 0.766. The van der Waals surface area contributed by atoms with Crippen molar-refractivity contribution in [1.82, 2.24) is 0 Å². The van der Waals surface area contributed by atoms with Gasteiger partial charge in [-0.1, -0.05) is 29.8 Å². The maximum Gasteiger partial charge on any atom is 0.0424 e. The van der Waals surface area contributed by atoms with Crippen LogP contribution in [0.15, 0.2) is 42.5 Å². The van der Waals surface area contributed by atoms with Crippen LogP contribution in [0.25, 0.3) is 0 Å². The van der Waals surface area contributed by atoms with Crippen molar-refractivity contribution in [1.29, 1.82) is 0 Å². The molecule has 1 aliphatic rings. The van der Waals surface area contributed by atoms with Crippen LogP contribution < -0.4 is 10.6 Å². The van der Waals surface area contributed by atoms with E-state index in [1.54, 1.807) is 0 Å². The molecule has 2 aromatic carbocycles. The molecule has 92 valence electrons. The smallest absolute Gasteiger partial charge is 0.0424 e. The molecule has 1 heterocycles. The fourth-order valence-electron chi connectivity index (χ4n) is 2.32. The van der Waals surface area contributed by atoms with Gasteiger partial charge in [-0.15, -0.1) is 0 Å². The first-order valence-corrected chi connectivity index (χ1v) is 6.55. The van der Waals surface area contributed by atoms with Crippen LogP contribution in [0.5, 0.6) is 0 Å². The molecule has 2 aromatic rings. The maximum atomic E-state index is 5.87. The summed E-state index contributed by atoms with van der Waals surface area (Å²) in [5, 5.41) is 7.64. The van der Waals surface area contributed by atoms with E-state index in [1.807, 2.05) is 24.3 Å². The molecule has 3 heteroatoms. The van der Waals surface area contributed by atoms with Crippen molar-refractivity contribution in [3.63, 3.8) is 0 Å². The van der Waals surface area contributed by atoms with Crippen molar-refractivity contribution in [3.8, 4) is 0 Å². The number of hydrogen-bond acceptors (Lipinski definition) is 2. The first-order valence-electron chi connectivity index (χ1n) is 6.17. The minimum absolute atomic E-state index is 0.766. The Balaban J connectivity index is 1.74. The zero-order chi connectivity index (χ0) is 12.4. The maximum absolute atomic E-state index is 5.87. The van der Waals surface area contributed by atoms with Crippen molar-refractivity contribution >= 4 is 23.0 Å². The van der Waals surface area contributed by atoms with E-state index >= 15 is 0 Å². The Hall–Kier alpha value is -1.67. The van der Waals surface area contributed by atoms with Crippen LogP contribution in [0.1, 0.15) is 11.1 Å². The molecule has 0 atom stereocenters. The first-order chi connectivity index (χ1) is 8.83. The van der Waals surface area contributed by atoms with Gasteiger partial charge in [-0.2, -0.15) is 0 Å². The molecule has 18 heavy (non-hydrogen) atoms. The Morgan fingerprint density at radius 3 is 2.78 bits per heavy atom. The highest BCUT2D eigenvalue weighted by atomic mass is 35.5. The molecule has 1 aliphatic heterocycles. The summed E-state index contributed by atoms with van der Waals surface area (Å²) < 4.78 is 0. The largest absolute Gasteiger partial charge is 0.384 e. The van der Waals surface area contributed by atoms with E-state index in [0.717, 1.165) is 30.2 Å². The molecular formula is C15H15ClN2. The van der Waals surface area contributed by atoms with Crippen molar-refractivity contribution in [3.05, 3.63) is 58.6 Å². The Bertz CT molecular complexity index is 549. The Morgan fingerprint density at radius 2 is 1.94 bits per heavy atom. The standard InChI is InChI=1S/C15H15ClN2/c16-13-4-6-14(7-5-13)18-10-12-3-1-2-11-8-9-17-15(11)12/h1-7,17-18H,8-10H2. The third-order valence-corrected chi connectivity index (χ3v) is 3.51. The zero-order valence-electron chi connectivity index (χ0n) is 10.0. The van der Waals surface area contributed by atoms with Crippen molar-refractivity contribution in [2.24, 2.45) is 0 Å². The quantitative estimate of drug-likeness (QED) is 0.872. The number of rotatable bonds is 3. The van der Waals surface area contributed by atoms with Crippen LogP contribution in [0.3, 0.4) is 0 Å². The first kappa shape index (κ1) is 11.4. The average molecular weight is 259 g/mol. The molecule has 0 radical (unpaired) electrons. The predicted molar refractivity (Wildman–Crippen MR) is 77.4 cm³/mol. The van der Waals surface area contributed by atoms with Crippen LogP contribution in [0.4, 0.5) is 11.4 Å². The summed E-state index contributed by atoms with van der Waals surface area (Å²) in [5.41, 5.74) is 5.14. The topological polar surface area (TPSA) is 24.1 Å². The van der Waals surface area contributed by atoms with Gasteiger partial charge in [0.1, 0.15) is 0 Å². The van der Waals surface area contributed by atoms with Gasteiger partial charge in [0.25, 0.3) is 0 Å². The molecule has 2 N–H and O–H groups in total. The molecule has 0 amide bonds. The summed E-state index contributed by atoms with van der Waals surface area (Å²) in [6.45, 7) is 1.88. The summed E-state index contributed by atoms with van der Waals surface area (Å²) in [7, 11) is 0. The molecule has 0 aromatic heterocycles. The van der Waals surface area contributed by atoms with Crippen LogP contribution >= 0.6 is 11.6 Å². The van der Waals surface area contributed by atoms with Crippen molar-refractivity contribution < 1.29 is 0 Å². The third kappa shape index (κ3) is 2.29. The van der Waals surface area contributed by atoms with Gasteiger partial charge >= 0.3 is 0 Å². The molecule has 3 rings (SSSR count). The molecular weight excluding hydrogens is 244 g/mol. The summed E-state index contributed by atoms with van der Waals surface area (Å²) in [4.78, 5) is 0. The van der Waals surface area contributed by atoms with Gasteiger partial charge in [0.15, 0.2) is 0 Å². The second-order valence-electron chi connectivity index (χ2n) is 4.49. The second-order valence-corrected chi connectivity index (χ2v) is 4.92. The average Bonchev–Trinajstić information content (AvgIpc) is 2.87. The molecule has 0 saturated heterocycles. The van der Waals surface area contributed by atoms with E-state index in [-0.39, 0.29) is 0 Å². The molecule has 0 bridgehead atoms. The van der Waals surface area contributed by atoms with E-state index in [0.29, 0.717) is 0 Å².